The highest BCUT2D eigenvalue weighted by atomic mass is 19.1. The fourth-order valence-corrected chi connectivity index (χ4v) is 6.49. The number of H-pyrrole nitrogens is 2. The van der Waals surface area contributed by atoms with Crippen LogP contribution in [0.1, 0.15) is 17.2 Å². The number of hydrogen-bond acceptors (Lipinski definition) is 10. The lowest BCUT2D eigenvalue weighted by Gasteiger charge is -2.20. The number of ether oxygens (including phenoxy) is 4. The van der Waals surface area contributed by atoms with E-state index in [-0.39, 0.29) is 60.0 Å². The van der Waals surface area contributed by atoms with Crippen molar-refractivity contribution in [1.29, 1.82) is 10.8 Å². The molecule has 55 heavy (non-hydrogen) atoms. The summed E-state index contributed by atoms with van der Waals surface area (Å²) < 4.78 is 35.9. The minimum atomic E-state index is -0.425. The van der Waals surface area contributed by atoms with Gasteiger partial charge in [-0.15, -0.1) is 0 Å². The Kier molecular flexibility index (Phi) is 8.66. The summed E-state index contributed by atoms with van der Waals surface area (Å²) in [5, 5.41) is 39.5. The molecule has 0 saturated carbocycles. The van der Waals surface area contributed by atoms with E-state index in [1.807, 2.05) is 0 Å². The van der Waals surface area contributed by atoms with Crippen LogP contribution in [0.15, 0.2) is 84.3 Å². The third-order valence-electron chi connectivity index (χ3n) is 9.17. The van der Waals surface area contributed by atoms with Gasteiger partial charge in [0.2, 0.25) is 0 Å². The lowest BCUT2D eigenvalue weighted by atomic mass is 10.2. The smallest absolute Gasteiger partial charge is 0.405 e. The van der Waals surface area contributed by atoms with Crippen molar-refractivity contribution in [2.75, 3.05) is 50.9 Å². The van der Waals surface area contributed by atoms with E-state index in [2.05, 4.69) is 30.9 Å². The molecule has 6 N–H and O–H groups in total. The number of nitrogens with one attached hydrogen (secondary N) is 4. The second-order valence-electron chi connectivity index (χ2n) is 12.6. The van der Waals surface area contributed by atoms with Gasteiger partial charge in [0.1, 0.15) is 69.2 Å². The van der Waals surface area contributed by atoms with E-state index in [4.69, 9.17) is 29.8 Å². The summed E-state index contributed by atoms with van der Waals surface area (Å²) in [5.41, 5.74) is 4.51. The maximum atomic E-state index is 13.8. The minimum Gasteiger partial charge on any atom is -0.509 e. The van der Waals surface area contributed by atoms with Crippen molar-refractivity contribution in [3.8, 4) is 29.1 Å². The fraction of sp³-hybridized carbons (Fsp3) is 0.154. The van der Waals surface area contributed by atoms with Gasteiger partial charge < -0.3 is 48.9 Å². The van der Waals surface area contributed by atoms with Gasteiger partial charge in [-0.25, -0.2) is 14.4 Å². The standard InChI is InChI=1S/C39H32FN9O6/c1-52-24-10-22(11-25(14-24)53-2)48-17-32(50)34(36(48)41)38-44-28-6-4-20(8-30(28)46-38)16-43-19-55-27-13-23(12-26(15-27)54-3)49-18-33(51)35(37(49)42)39-45-29-7-5-21(40)9-31(29)47-39/h4-15H,17-19H2,1-3H3,(H5,41,42,45,46,47,50,51)/p+1. The Morgan fingerprint density at radius 3 is 1.75 bits per heavy atom. The van der Waals surface area contributed by atoms with Gasteiger partial charge in [-0.2, -0.15) is 0 Å². The Bertz CT molecular complexity index is 2670. The fourth-order valence-electron chi connectivity index (χ4n) is 6.49. The van der Waals surface area contributed by atoms with Crippen molar-refractivity contribution >= 4 is 56.3 Å². The molecular formula is C39H33FN9O6+. The zero-order valence-corrected chi connectivity index (χ0v) is 29.7. The summed E-state index contributed by atoms with van der Waals surface area (Å²) in [6, 6.07) is 22.8. The molecule has 0 bridgehead atoms. The van der Waals surface area contributed by atoms with Gasteiger partial charge >= 0.3 is 12.8 Å². The molecule has 0 amide bonds. The van der Waals surface area contributed by atoms with Crippen molar-refractivity contribution < 1.29 is 33.6 Å². The number of nitrogens with zero attached hydrogens (tertiary/aromatic N) is 5. The topological polar surface area (TPSA) is 193 Å². The van der Waals surface area contributed by atoms with E-state index in [9.17, 15) is 14.6 Å². The first-order valence-electron chi connectivity index (χ1n) is 16.8. The maximum Gasteiger partial charge on any atom is 0.405 e. The number of hydrogen-bond donors (Lipinski definition) is 6. The molecule has 0 radical (unpaired) electrons. The predicted molar refractivity (Wildman–Crippen MR) is 206 cm³/mol. The minimum absolute atomic E-state index is 0.00358. The lowest BCUT2D eigenvalue weighted by Crippen LogP contribution is -2.26. The van der Waals surface area contributed by atoms with Crippen LogP contribution >= 0.6 is 0 Å². The predicted octanol–water partition coefficient (Wildman–Crippen LogP) is 6.85. The van der Waals surface area contributed by atoms with Crippen molar-refractivity contribution in [3.63, 3.8) is 0 Å². The molecule has 8 rings (SSSR count). The van der Waals surface area contributed by atoms with Gasteiger partial charge in [-0.1, -0.05) is 0 Å². The average molecular weight is 743 g/mol. The lowest BCUT2D eigenvalue weighted by molar-refractivity contribution is 0.355. The summed E-state index contributed by atoms with van der Waals surface area (Å²) in [7, 11) is 4.60. The number of rotatable bonds is 9. The zero-order valence-electron chi connectivity index (χ0n) is 29.7. The normalized spacial score (nSPS) is 14.3. The van der Waals surface area contributed by atoms with E-state index >= 15 is 0 Å². The molecule has 6 aromatic rings. The number of halogens is 1. The van der Waals surface area contributed by atoms with E-state index in [1.165, 1.54) is 25.3 Å². The Hall–Kier alpha value is -7.54. The number of aromatic nitrogens is 4. The van der Waals surface area contributed by atoms with Crippen molar-refractivity contribution in [1.82, 2.24) is 19.9 Å². The van der Waals surface area contributed by atoms with Crippen molar-refractivity contribution in [2.45, 2.75) is 0 Å². The number of imidazole rings is 2. The Balaban J connectivity index is 0.957. The van der Waals surface area contributed by atoms with Crippen molar-refractivity contribution in [3.05, 3.63) is 112 Å². The molecule has 15 nitrogen and oxygen atoms in total. The maximum absolute atomic E-state index is 13.8. The number of aromatic amines is 2. The number of fused-ring (bicyclic) bond motifs is 2. The van der Waals surface area contributed by atoms with Crippen molar-refractivity contribution in [2.24, 2.45) is 0 Å². The molecule has 0 unspecified atom stereocenters. The Morgan fingerprint density at radius 2 is 1.20 bits per heavy atom. The first-order valence-corrected chi connectivity index (χ1v) is 16.8. The van der Waals surface area contributed by atoms with E-state index in [1.54, 1.807) is 78.6 Å². The van der Waals surface area contributed by atoms with E-state index in [0.29, 0.717) is 67.8 Å². The highest BCUT2D eigenvalue weighted by molar-refractivity contribution is 6.31. The quantitative estimate of drug-likeness (QED) is 0.0912. The van der Waals surface area contributed by atoms with Crippen LogP contribution in [0.25, 0.3) is 38.1 Å². The number of aliphatic hydroxyl groups excluding tert-OH is 2. The number of benzene rings is 4. The molecule has 4 heterocycles. The molecule has 2 aromatic heterocycles. The monoisotopic (exact) mass is 742 g/mol. The molecule has 0 spiro atoms. The van der Waals surface area contributed by atoms with Gasteiger partial charge in [0.15, 0.2) is 0 Å². The second-order valence-corrected chi connectivity index (χ2v) is 12.6. The molecule has 2 aliphatic rings. The summed E-state index contributed by atoms with van der Waals surface area (Å²) >= 11 is 0. The molecule has 2 aliphatic heterocycles. The van der Waals surface area contributed by atoms with Crippen LogP contribution < -0.4 is 28.7 Å². The molecule has 276 valence electrons. The average Bonchev–Trinajstić information content (AvgIpc) is 3.94. The molecule has 0 atom stereocenters. The summed E-state index contributed by atoms with van der Waals surface area (Å²) in [4.78, 5) is 22.8. The zero-order chi connectivity index (χ0) is 38.4. The molecular weight excluding hydrogens is 709 g/mol. The largest absolute Gasteiger partial charge is 0.509 e. The SMILES string of the molecule is COc1cc(OC)cc(N2CC(O)=C(c3nc4ccc(C#[N+]COc5cc(OC)cc(N6CC(O)=C(c7nc8ccc(F)cc8[nH]7)C6=N)c5)cc4[nH]3)C2=N)c1. The van der Waals surface area contributed by atoms with E-state index < -0.39 is 5.82 Å². The molecule has 0 fully saturated rings. The van der Waals surface area contributed by atoms with Gasteiger partial charge in [0, 0.05) is 36.4 Å². The van der Waals surface area contributed by atoms with Gasteiger partial charge in [-0.05, 0) is 41.2 Å². The molecule has 0 aliphatic carbocycles. The van der Waals surface area contributed by atoms with Crippen LogP contribution in [-0.2, 0) is 0 Å². The highest BCUT2D eigenvalue weighted by Crippen LogP contribution is 2.37. The second kappa shape index (κ2) is 13.8. The van der Waals surface area contributed by atoms with Gasteiger partial charge in [0.05, 0.1) is 79.0 Å². The summed E-state index contributed by atoms with van der Waals surface area (Å²) in [6.45, 7) is -0.0121. The van der Waals surface area contributed by atoms with Crippen LogP contribution in [-0.4, -0.2) is 83.0 Å². The number of methoxy groups -OCH3 is 3. The van der Waals surface area contributed by atoms with Crippen LogP contribution in [0.3, 0.4) is 0 Å². The summed E-state index contributed by atoms with van der Waals surface area (Å²) in [5.74, 6) is 2.14. The first kappa shape index (κ1) is 34.5. The third-order valence-corrected chi connectivity index (χ3v) is 9.17. The molecule has 0 saturated heterocycles. The number of aliphatic hydroxyl groups is 2. The third kappa shape index (κ3) is 6.44. The number of anilines is 2. The van der Waals surface area contributed by atoms with E-state index in [0.717, 1.165) is 0 Å². The highest BCUT2D eigenvalue weighted by Gasteiger charge is 2.33. The van der Waals surface area contributed by atoms with Gasteiger partial charge in [-0.3, -0.25) is 10.8 Å². The summed E-state index contributed by atoms with van der Waals surface area (Å²) in [6.07, 6.45) is 0. The van der Waals surface area contributed by atoms with Crippen LogP contribution in [0.5, 0.6) is 23.0 Å². The Morgan fingerprint density at radius 1 is 0.709 bits per heavy atom. The van der Waals surface area contributed by atoms with Crippen LogP contribution in [0.4, 0.5) is 15.8 Å². The van der Waals surface area contributed by atoms with Crippen LogP contribution in [0.2, 0.25) is 0 Å². The van der Waals surface area contributed by atoms with Crippen LogP contribution in [0, 0.1) is 22.7 Å². The first-order chi connectivity index (χ1) is 26.6. The Labute approximate surface area is 312 Å². The van der Waals surface area contributed by atoms with Gasteiger partial charge in [0.25, 0.3) is 0 Å². The molecule has 4 aromatic carbocycles. The molecule has 16 heteroatoms. The number of amidine groups is 2.